The normalized spacial score (nSPS) is 17.8. The number of carbonyl (C=O) groups is 2. The second-order valence-electron chi connectivity index (χ2n) is 10.5. The van der Waals surface area contributed by atoms with Crippen molar-refractivity contribution < 1.29 is 20.5 Å². The van der Waals surface area contributed by atoms with Gasteiger partial charge in [0.2, 0.25) is 12.7 Å². The summed E-state index contributed by atoms with van der Waals surface area (Å²) in [6.07, 6.45) is 7.39. The van der Waals surface area contributed by atoms with Crippen LogP contribution >= 0.6 is 0 Å². The Balaban J connectivity index is 0.00000294. The van der Waals surface area contributed by atoms with E-state index < -0.39 is 5.41 Å². The minimum atomic E-state index is -0.528. The van der Waals surface area contributed by atoms with Crippen LogP contribution in [-0.4, -0.2) is 24.6 Å². The Kier molecular flexibility index (Phi) is 6.11. The molecule has 0 radical (unpaired) electrons. The predicted molar refractivity (Wildman–Crippen MR) is 145 cm³/mol. The van der Waals surface area contributed by atoms with E-state index >= 15 is 0 Å². The lowest BCUT2D eigenvalue weighted by Gasteiger charge is -2.22. The molecule has 0 bridgehead atoms. The summed E-state index contributed by atoms with van der Waals surface area (Å²) in [5.41, 5.74) is 5.02. The number of hydrogen-bond donors (Lipinski definition) is 2. The fourth-order valence-corrected chi connectivity index (χ4v) is 5.54. The van der Waals surface area contributed by atoms with Gasteiger partial charge in [-0.05, 0) is 91.3 Å². The highest BCUT2D eigenvalue weighted by Gasteiger charge is 2.51. The molecular formula is C31H34N2O4. The first-order valence-corrected chi connectivity index (χ1v) is 13.3. The van der Waals surface area contributed by atoms with Crippen molar-refractivity contribution in [2.45, 2.75) is 63.3 Å². The van der Waals surface area contributed by atoms with Gasteiger partial charge >= 0.3 is 0 Å². The van der Waals surface area contributed by atoms with Crippen molar-refractivity contribution in [2.24, 2.45) is 0 Å². The van der Waals surface area contributed by atoms with Crippen molar-refractivity contribution in [1.29, 1.82) is 0 Å². The van der Waals surface area contributed by atoms with Gasteiger partial charge in [-0.2, -0.15) is 0 Å². The van der Waals surface area contributed by atoms with Gasteiger partial charge in [0.25, 0.3) is 5.91 Å². The van der Waals surface area contributed by atoms with Crippen LogP contribution < -0.4 is 20.1 Å². The van der Waals surface area contributed by atoms with Gasteiger partial charge in [-0.3, -0.25) is 9.59 Å². The summed E-state index contributed by atoms with van der Waals surface area (Å²) in [5.74, 6) is 1.41. The molecular weight excluding hydrogens is 464 g/mol. The molecule has 1 heterocycles. The van der Waals surface area contributed by atoms with Crippen LogP contribution in [0.5, 0.6) is 11.5 Å². The highest BCUT2D eigenvalue weighted by Crippen LogP contribution is 2.51. The van der Waals surface area contributed by atoms with E-state index in [1.165, 1.54) is 19.3 Å². The first-order chi connectivity index (χ1) is 18.0. The van der Waals surface area contributed by atoms with Gasteiger partial charge < -0.3 is 20.1 Å². The van der Waals surface area contributed by atoms with E-state index in [0.717, 1.165) is 59.4 Å². The lowest BCUT2D eigenvalue weighted by Crippen LogP contribution is -2.36. The highest BCUT2D eigenvalue weighted by atomic mass is 16.7. The average molecular weight is 499 g/mol. The van der Waals surface area contributed by atoms with Gasteiger partial charge in [0.1, 0.15) is 0 Å². The van der Waals surface area contributed by atoms with E-state index in [2.05, 4.69) is 17.6 Å². The van der Waals surface area contributed by atoms with E-state index in [0.29, 0.717) is 11.3 Å². The molecule has 0 unspecified atom stereocenters. The average Bonchev–Trinajstić information content (AvgIpc) is 3.61. The number of rotatable bonds is 6. The zero-order valence-corrected chi connectivity index (χ0v) is 21.1. The van der Waals surface area contributed by atoms with Crippen molar-refractivity contribution >= 4 is 17.5 Å². The Hall–Kier alpha value is -3.80. The number of anilines is 1. The molecule has 2 fully saturated rings. The smallest absolute Gasteiger partial charge is 0.251 e. The third-order valence-electron chi connectivity index (χ3n) is 8.00. The number of fused-ring (bicyclic) bond motifs is 1. The van der Waals surface area contributed by atoms with E-state index in [9.17, 15) is 9.59 Å². The number of amides is 2. The summed E-state index contributed by atoms with van der Waals surface area (Å²) in [4.78, 5) is 26.1. The quantitative estimate of drug-likeness (QED) is 0.414. The third kappa shape index (κ3) is 4.68. The van der Waals surface area contributed by atoms with Gasteiger partial charge in [0.05, 0.1) is 5.41 Å². The Morgan fingerprint density at radius 3 is 2.41 bits per heavy atom. The zero-order chi connectivity index (χ0) is 25.4. The van der Waals surface area contributed by atoms with E-state index in [1.54, 1.807) is 0 Å². The van der Waals surface area contributed by atoms with Crippen LogP contribution in [-0.2, 0) is 10.2 Å². The largest absolute Gasteiger partial charge is 0.454 e. The molecule has 2 amide bonds. The molecule has 2 saturated carbocycles. The van der Waals surface area contributed by atoms with Crippen molar-refractivity contribution in [3.8, 4) is 22.6 Å². The van der Waals surface area contributed by atoms with Crippen molar-refractivity contribution in [2.75, 3.05) is 12.1 Å². The number of carbonyl (C=O) groups excluding carboxylic acids is 2. The first kappa shape index (κ1) is 23.6. The molecule has 3 aromatic rings. The maximum atomic E-state index is 13.4. The Morgan fingerprint density at radius 2 is 1.65 bits per heavy atom. The van der Waals surface area contributed by atoms with Crippen LogP contribution in [0.25, 0.3) is 11.1 Å². The Morgan fingerprint density at radius 1 is 0.892 bits per heavy atom. The Bertz CT molecular complexity index is 1340. The number of benzene rings is 3. The summed E-state index contributed by atoms with van der Waals surface area (Å²) < 4.78 is 10.9. The summed E-state index contributed by atoms with van der Waals surface area (Å²) in [6, 6.07) is 19.8. The lowest BCUT2D eigenvalue weighted by atomic mass is 9.94. The zero-order valence-electron chi connectivity index (χ0n) is 21.1. The maximum Gasteiger partial charge on any atom is 0.251 e. The predicted octanol–water partition coefficient (Wildman–Crippen LogP) is 6.37. The second kappa shape index (κ2) is 9.58. The van der Waals surface area contributed by atoms with Crippen molar-refractivity contribution in [3.05, 3.63) is 77.4 Å². The van der Waals surface area contributed by atoms with Gasteiger partial charge in [0, 0.05) is 18.7 Å². The molecule has 2 N–H and O–H groups in total. The van der Waals surface area contributed by atoms with E-state index in [4.69, 9.17) is 9.47 Å². The van der Waals surface area contributed by atoms with Crippen molar-refractivity contribution in [1.82, 2.24) is 5.32 Å². The number of nitrogens with one attached hydrogen (secondary N) is 2. The number of ether oxygens (including phenoxy) is 2. The lowest BCUT2D eigenvalue weighted by molar-refractivity contribution is -0.118. The first-order valence-electron chi connectivity index (χ1n) is 13.3. The summed E-state index contributed by atoms with van der Waals surface area (Å²) >= 11 is 0. The monoisotopic (exact) mass is 498 g/mol. The topological polar surface area (TPSA) is 76.7 Å². The minimum Gasteiger partial charge on any atom is -0.454 e. The standard InChI is InChI=1S/C31H32N2O4.H2/c1-20-7-13-25(33-30(35)31(15-16-31)23-12-14-27-28(17-23)37-19-36-27)18-26(20)21-8-10-22(11-9-21)29(34)32-24-5-3-2-4-6-24;/h7-14,17-18,24H,2-6,15-16,19H2,1H3,(H,32,34)(H,33,35);1H. The fraction of sp³-hybridized carbons (Fsp3) is 0.355. The SMILES string of the molecule is Cc1ccc(NC(=O)C2(c3ccc4c(c3)OCO4)CC2)cc1-c1ccc(C(=O)NC2CCCCC2)cc1.[HH]. The molecule has 6 heteroatoms. The summed E-state index contributed by atoms with van der Waals surface area (Å²) in [5, 5.41) is 6.33. The summed E-state index contributed by atoms with van der Waals surface area (Å²) in [7, 11) is 0. The highest BCUT2D eigenvalue weighted by molar-refractivity contribution is 6.02. The molecule has 37 heavy (non-hydrogen) atoms. The maximum absolute atomic E-state index is 13.4. The van der Waals surface area contributed by atoms with Gasteiger partial charge in [-0.25, -0.2) is 0 Å². The molecule has 3 aliphatic rings. The fourth-order valence-electron chi connectivity index (χ4n) is 5.54. The third-order valence-corrected chi connectivity index (χ3v) is 8.00. The van der Waals surface area contributed by atoms with Gasteiger partial charge in [-0.1, -0.05) is 43.5 Å². The van der Waals surface area contributed by atoms with Crippen LogP contribution in [0.3, 0.4) is 0 Å². The van der Waals surface area contributed by atoms with Gasteiger partial charge in [0.15, 0.2) is 11.5 Å². The van der Waals surface area contributed by atoms with Crippen molar-refractivity contribution in [3.63, 3.8) is 0 Å². The van der Waals surface area contributed by atoms with Gasteiger partial charge in [-0.15, -0.1) is 0 Å². The van der Waals surface area contributed by atoms with Crippen LogP contribution in [0.15, 0.2) is 60.7 Å². The molecule has 0 spiro atoms. The molecule has 0 atom stereocenters. The molecule has 6 nitrogen and oxygen atoms in total. The molecule has 0 saturated heterocycles. The number of hydrogen-bond acceptors (Lipinski definition) is 4. The van der Waals surface area contributed by atoms with Crippen LogP contribution in [0.4, 0.5) is 5.69 Å². The molecule has 192 valence electrons. The Labute approximate surface area is 218 Å². The van der Waals surface area contributed by atoms with E-state index in [1.807, 2.05) is 60.7 Å². The molecule has 1 aliphatic heterocycles. The molecule has 3 aromatic carbocycles. The number of aryl methyl sites for hydroxylation is 1. The molecule has 2 aliphatic carbocycles. The van der Waals surface area contributed by atoms with E-state index in [-0.39, 0.29) is 26.1 Å². The van der Waals surface area contributed by atoms with Crippen LogP contribution in [0.1, 0.15) is 67.9 Å². The minimum absolute atomic E-state index is 0. The van der Waals surface area contributed by atoms with Crippen LogP contribution in [0, 0.1) is 6.92 Å². The summed E-state index contributed by atoms with van der Waals surface area (Å²) in [6.45, 7) is 2.27. The second-order valence-corrected chi connectivity index (χ2v) is 10.5. The molecule has 6 rings (SSSR count). The molecule has 0 aromatic heterocycles. The van der Waals surface area contributed by atoms with Crippen LogP contribution in [0.2, 0.25) is 0 Å².